The highest BCUT2D eigenvalue weighted by molar-refractivity contribution is 9.10. The van der Waals surface area contributed by atoms with Gasteiger partial charge in [0.25, 0.3) is 5.91 Å². The van der Waals surface area contributed by atoms with Crippen LogP contribution in [0.3, 0.4) is 0 Å². The zero-order chi connectivity index (χ0) is 24.8. The number of anilines is 1. The molecule has 9 heteroatoms. The first-order valence-electron chi connectivity index (χ1n) is 12.0. The Bertz CT molecular complexity index is 1170. The molecule has 1 N–H and O–H groups in total. The summed E-state index contributed by atoms with van der Waals surface area (Å²) in [6.45, 7) is 7.22. The number of carbonyl (C=O) groups is 2. The van der Waals surface area contributed by atoms with Crippen molar-refractivity contribution in [1.82, 2.24) is 19.9 Å². The Kier molecular flexibility index (Phi) is 8.30. The average molecular weight is 540 g/mol. The summed E-state index contributed by atoms with van der Waals surface area (Å²) in [5, 5.41) is 7.11. The molecule has 1 aliphatic heterocycles. The van der Waals surface area contributed by atoms with Crippen molar-refractivity contribution in [2.45, 2.75) is 33.2 Å². The summed E-state index contributed by atoms with van der Waals surface area (Å²) in [4.78, 5) is 34.4. The molecule has 0 saturated carbocycles. The van der Waals surface area contributed by atoms with E-state index in [4.69, 9.17) is 4.52 Å². The van der Waals surface area contributed by atoms with E-state index in [-0.39, 0.29) is 17.7 Å². The number of halogens is 1. The minimum absolute atomic E-state index is 0.0424. The molecule has 1 aromatic heterocycles. The third-order valence-corrected chi connectivity index (χ3v) is 6.83. The minimum atomic E-state index is -0.109. The fraction of sp³-hybridized carbons (Fsp3) is 0.385. The fourth-order valence-electron chi connectivity index (χ4n) is 4.30. The van der Waals surface area contributed by atoms with E-state index in [1.165, 1.54) is 0 Å². The highest BCUT2D eigenvalue weighted by Gasteiger charge is 2.27. The first kappa shape index (κ1) is 25.1. The van der Waals surface area contributed by atoms with Gasteiger partial charge in [-0.2, -0.15) is 4.98 Å². The van der Waals surface area contributed by atoms with Gasteiger partial charge in [0.2, 0.25) is 17.6 Å². The molecule has 2 amide bonds. The summed E-state index contributed by atoms with van der Waals surface area (Å²) >= 11 is 3.46. The van der Waals surface area contributed by atoms with Crippen molar-refractivity contribution in [2.24, 2.45) is 5.92 Å². The van der Waals surface area contributed by atoms with Crippen LogP contribution in [0.15, 0.2) is 57.5 Å². The predicted octanol–water partition coefficient (Wildman–Crippen LogP) is 4.83. The van der Waals surface area contributed by atoms with Crippen molar-refractivity contribution >= 4 is 33.4 Å². The van der Waals surface area contributed by atoms with Crippen LogP contribution in [0.4, 0.5) is 5.69 Å². The molecular weight excluding hydrogens is 510 g/mol. The lowest BCUT2D eigenvalue weighted by molar-refractivity contribution is -0.121. The Morgan fingerprint density at radius 2 is 1.86 bits per heavy atom. The van der Waals surface area contributed by atoms with Crippen molar-refractivity contribution in [3.63, 3.8) is 0 Å². The number of para-hydroxylation sites is 1. The number of hydrogen-bond acceptors (Lipinski definition) is 6. The van der Waals surface area contributed by atoms with Crippen LogP contribution in [0.2, 0.25) is 0 Å². The van der Waals surface area contributed by atoms with E-state index < -0.39 is 0 Å². The lowest BCUT2D eigenvalue weighted by Gasteiger charge is -2.30. The minimum Gasteiger partial charge on any atom is -0.339 e. The van der Waals surface area contributed by atoms with Gasteiger partial charge in [0.1, 0.15) is 0 Å². The molecule has 1 saturated heterocycles. The van der Waals surface area contributed by atoms with E-state index in [0.29, 0.717) is 42.6 Å². The lowest BCUT2D eigenvalue weighted by Crippen LogP contribution is -2.38. The van der Waals surface area contributed by atoms with Crippen molar-refractivity contribution < 1.29 is 14.1 Å². The zero-order valence-electron chi connectivity index (χ0n) is 20.0. The number of aromatic nitrogens is 2. The quantitative estimate of drug-likeness (QED) is 0.440. The maximum Gasteiger partial charge on any atom is 0.255 e. The molecule has 1 aliphatic rings. The second-order valence-electron chi connectivity index (χ2n) is 8.58. The highest BCUT2D eigenvalue weighted by Crippen LogP contribution is 2.24. The molecule has 4 rings (SSSR count). The van der Waals surface area contributed by atoms with E-state index in [9.17, 15) is 9.59 Å². The van der Waals surface area contributed by atoms with Gasteiger partial charge in [-0.05, 0) is 64.0 Å². The van der Waals surface area contributed by atoms with E-state index in [2.05, 4.69) is 36.3 Å². The maximum absolute atomic E-state index is 13.0. The van der Waals surface area contributed by atoms with Crippen LogP contribution in [-0.2, 0) is 11.3 Å². The van der Waals surface area contributed by atoms with Gasteiger partial charge in [-0.3, -0.25) is 14.5 Å². The van der Waals surface area contributed by atoms with Gasteiger partial charge in [-0.1, -0.05) is 45.4 Å². The summed E-state index contributed by atoms with van der Waals surface area (Å²) in [6, 6.07) is 15.0. The number of likely N-dealkylation sites (tertiary alicyclic amines) is 1. The van der Waals surface area contributed by atoms with Gasteiger partial charge in [0.05, 0.1) is 17.8 Å². The van der Waals surface area contributed by atoms with Crippen molar-refractivity contribution in [3.8, 4) is 11.4 Å². The Morgan fingerprint density at radius 3 is 2.57 bits per heavy atom. The molecule has 2 aromatic carbocycles. The summed E-state index contributed by atoms with van der Waals surface area (Å²) in [5.41, 5.74) is 1.99. The molecule has 0 atom stereocenters. The van der Waals surface area contributed by atoms with Crippen LogP contribution in [0.5, 0.6) is 0 Å². The summed E-state index contributed by atoms with van der Waals surface area (Å²) in [6.07, 6.45) is 1.45. The molecule has 0 radical (unpaired) electrons. The fourth-order valence-corrected chi connectivity index (χ4v) is 4.70. The third kappa shape index (κ3) is 6.15. The maximum atomic E-state index is 13.0. The molecule has 184 valence electrons. The second kappa shape index (κ2) is 11.6. The van der Waals surface area contributed by atoms with Crippen LogP contribution in [0, 0.1) is 5.92 Å². The van der Waals surface area contributed by atoms with Gasteiger partial charge in [0.15, 0.2) is 0 Å². The van der Waals surface area contributed by atoms with Gasteiger partial charge >= 0.3 is 0 Å². The molecule has 0 unspecified atom stereocenters. The number of nitrogens with one attached hydrogen (secondary N) is 1. The SMILES string of the molecule is CCN(CC)C(=O)c1ccccc1NC(=O)C1CCN(Cc2nc(-c3cccc(Br)c3)no2)CC1. The van der Waals surface area contributed by atoms with Gasteiger partial charge in [0, 0.05) is 29.0 Å². The topological polar surface area (TPSA) is 91.6 Å². The number of nitrogens with zero attached hydrogens (tertiary/aromatic N) is 4. The van der Waals surface area contributed by atoms with E-state index in [1.807, 2.05) is 50.2 Å². The number of hydrogen-bond donors (Lipinski definition) is 1. The number of amides is 2. The molecule has 0 spiro atoms. The second-order valence-corrected chi connectivity index (χ2v) is 9.50. The third-order valence-electron chi connectivity index (χ3n) is 6.33. The van der Waals surface area contributed by atoms with Crippen LogP contribution in [-0.4, -0.2) is 57.9 Å². The lowest BCUT2D eigenvalue weighted by atomic mass is 9.95. The monoisotopic (exact) mass is 539 g/mol. The molecule has 0 aliphatic carbocycles. The standard InChI is InChI=1S/C26H30BrN5O3/c1-3-32(4-2)26(34)21-10-5-6-11-22(21)28-25(33)18-12-14-31(15-13-18)17-23-29-24(30-35-23)19-8-7-9-20(27)16-19/h5-11,16,18H,3-4,12-15,17H2,1-2H3,(H,28,33). The number of benzene rings is 2. The van der Waals surface area contributed by atoms with Crippen LogP contribution in [0.25, 0.3) is 11.4 Å². The van der Waals surface area contributed by atoms with Crippen molar-refractivity contribution in [1.29, 1.82) is 0 Å². The summed E-state index contributed by atoms with van der Waals surface area (Å²) in [5.74, 6) is 0.907. The molecule has 1 fully saturated rings. The molecular formula is C26H30BrN5O3. The molecule has 8 nitrogen and oxygen atoms in total. The Labute approximate surface area is 213 Å². The van der Waals surface area contributed by atoms with Crippen molar-refractivity contribution in [3.05, 3.63) is 64.5 Å². The number of piperidine rings is 1. The van der Waals surface area contributed by atoms with E-state index in [1.54, 1.807) is 17.0 Å². The molecule has 3 aromatic rings. The van der Waals surface area contributed by atoms with Crippen LogP contribution >= 0.6 is 15.9 Å². The number of rotatable bonds is 8. The van der Waals surface area contributed by atoms with E-state index in [0.717, 1.165) is 36.0 Å². The normalized spacial score (nSPS) is 14.6. The van der Waals surface area contributed by atoms with Crippen LogP contribution in [0.1, 0.15) is 42.9 Å². The van der Waals surface area contributed by atoms with Crippen LogP contribution < -0.4 is 5.32 Å². The van der Waals surface area contributed by atoms with Gasteiger partial charge < -0.3 is 14.7 Å². The predicted molar refractivity (Wildman–Crippen MR) is 138 cm³/mol. The average Bonchev–Trinajstić information content (AvgIpc) is 3.34. The zero-order valence-corrected chi connectivity index (χ0v) is 21.6. The highest BCUT2D eigenvalue weighted by atomic mass is 79.9. The van der Waals surface area contributed by atoms with Crippen molar-refractivity contribution in [2.75, 3.05) is 31.5 Å². The summed E-state index contributed by atoms with van der Waals surface area (Å²) in [7, 11) is 0. The molecule has 0 bridgehead atoms. The van der Waals surface area contributed by atoms with Gasteiger partial charge in [-0.25, -0.2) is 0 Å². The molecule has 35 heavy (non-hydrogen) atoms. The smallest absolute Gasteiger partial charge is 0.255 e. The Balaban J connectivity index is 1.32. The van der Waals surface area contributed by atoms with Gasteiger partial charge in [-0.15, -0.1) is 0 Å². The van der Waals surface area contributed by atoms with E-state index >= 15 is 0 Å². The first-order chi connectivity index (χ1) is 17.0. The summed E-state index contributed by atoms with van der Waals surface area (Å²) < 4.78 is 6.41. The molecule has 2 heterocycles. The Hall–Kier alpha value is -3.04. The largest absolute Gasteiger partial charge is 0.339 e. The number of carbonyl (C=O) groups excluding carboxylic acids is 2. The Morgan fingerprint density at radius 1 is 1.11 bits per heavy atom. The first-order valence-corrected chi connectivity index (χ1v) is 12.8.